The Morgan fingerprint density at radius 2 is 2.00 bits per heavy atom. The Morgan fingerprint density at radius 1 is 1.29 bits per heavy atom. The van der Waals surface area contributed by atoms with Crippen LogP contribution in [-0.4, -0.2) is 21.6 Å². The van der Waals surface area contributed by atoms with E-state index in [1.165, 1.54) is 37.1 Å². The minimum Gasteiger partial charge on any atom is -0.337 e. The second-order valence-electron chi connectivity index (χ2n) is 4.73. The first-order valence-corrected chi connectivity index (χ1v) is 8.24. The fraction of sp³-hybridized carbons (Fsp3) is 0.769. The van der Waals surface area contributed by atoms with Crippen LogP contribution in [0.25, 0.3) is 0 Å². The van der Waals surface area contributed by atoms with Gasteiger partial charge in [0.25, 0.3) is 0 Å². The van der Waals surface area contributed by atoms with Crippen LogP contribution in [0.15, 0.2) is 6.20 Å². The molecule has 0 aromatic carbocycles. The molecule has 0 radical (unpaired) electrons. The van der Waals surface area contributed by atoms with E-state index in [0.717, 1.165) is 11.3 Å². The number of aromatic amines is 1. The maximum atomic E-state index is 5.32. The number of hydrogen-bond acceptors (Lipinski definition) is 2. The van der Waals surface area contributed by atoms with Crippen molar-refractivity contribution in [3.05, 3.63) is 16.7 Å². The number of unbranched alkanes of at least 4 members (excludes halogenated alkanes) is 3. The molecule has 1 rings (SSSR count). The van der Waals surface area contributed by atoms with Crippen LogP contribution < -0.4 is 0 Å². The quantitative estimate of drug-likeness (QED) is 0.552. The van der Waals surface area contributed by atoms with E-state index in [2.05, 4.69) is 35.9 Å². The van der Waals surface area contributed by atoms with Gasteiger partial charge in [-0.25, -0.2) is 0 Å². The van der Waals surface area contributed by atoms with E-state index in [4.69, 9.17) is 12.2 Å². The van der Waals surface area contributed by atoms with Crippen LogP contribution in [0.2, 0.25) is 0 Å². The van der Waals surface area contributed by atoms with Crippen molar-refractivity contribution in [2.45, 2.75) is 52.0 Å². The molecule has 0 spiro atoms. The molecule has 0 aliphatic heterocycles. The van der Waals surface area contributed by atoms with E-state index >= 15 is 0 Å². The lowest BCUT2D eigenvalue weighted by atomic mass is 10.1. The molecule has 0 saturated carbocycles. The zero-order valence-corrected chi connectivity index (χ0v) is 12.8. The first kappa shape index (κ1) is 14.8. The summed E-state index contributed by atoms with van der Waals surface area (Å²) in [6, 6.07) is 0. The molecule has 4 heteroatoms. The third-order valence-corrected chi connectivity index (χ3v) is 4.01. The number of imidazole rings is 1. The van der Waals surface area contributed by atoms with Gasteiger partial charge in [-0.2, -0.15) is 11.8 Å². The van der Waals surface area contributed by atoms with E-state index in [1.54, 1.807) is 0 Å². The Hall–Kier alpha value is -0.220. The van der Waals surface area contributed by atoms with Crippen LogP contribution in [0, 0.1) is 4.77 Å². The minimum atomic E-state index is 0.541. The van der Waals surface area contributed by atoms with Gasteiger partial charge in [0.15, 0.2) is 4.77 Å². The molecular formula is C13H24N2S2. The van der Waals surface area contributed by atoms with Gasteiger partial charge in [-0.05, 0) is 43.0 Å². The van der Waals surface area contributed by atoms with E-state index < -0.39 is 0 Å². The van der Waals surface area contributed by atoms with Crippen molar-refractivity contribution in [1.82, 2.24) is 9.55 Å². The maximum Gasteiger partial charge on any atom is 0.177 e. The summed E-state index contributed by atoms with van der Waals surface area (Å²) in [5.74, 6) is 1.83. The van der Waals surface area contributed by atoms with E-state index in [-0.39, 0.29) is 0 Å². The van der Waals surface area contributed by atoms with Gasteiger partial charge in [-0.15, -0.1) is 0 Å². The molecule has 1 aromatic heterocycles. The van der Waals surface area contributed by atoms with Crippen molar-refractivity contribution in [1.29, 1.82) is 0 Å². The van der Waals surface area contributed by atoms with E-state index in [9.17, 15) is 0 Å². The molecule has 17 heavy (non-hydrogen) atoms. The van der Waals surface area contributed by atoms with Crippen molar-refractivity contribution in [3.63, 3.8) is 0 Å². The third-order valence-electron chi connectivity index (χ3n) is 2.97. The van der Waals surface area contributed by atoms with Crippen LogP contribution in [0.4, 0.5) is 0 Å². The summed E-state index contributed by atoms with van der Waals surface area (Å²) < 4.78 is 3.13. The summed E-state index contributed by atoms with van der Waals surface area (Å²) in [7, 11) is 0. The van der Waals surface area contributed by atoms with Gasteiger partial charge in [0.05, 0.1) is 0 Å². The zero-order valence-electron chi connectivity index (χ0n) is 11.2. The molecule has 0 amide bonds. The molecule has 0 atom stereocenters. The van der Waals surface area contributed by atoms with Crippen LogP contribution in [0.3, 0.4) is 0 Å². The van der Waals surface area contributed by atoms with Crippen LogP contribution >= 0.6 is 24.0 Å². The van der Waals surface area contributed by atoms with Crippen LogP contribution in [-0.2, 0) is 6.54 Å². The highest BCUT2D eigenvalue weighted by Gasteiger charge is 2.07. The van der Waals surface area contributed by atoms with Crippen molar-refractivity contribution >= 4 is 24.0 Å². The molecule has 1 heterocycles. The second kappa shape index (κ2) is 7.98. The van der Waals surface area contributed by atoms with Crippen molar-refractivity contribution in [2.75, 3.05) is 12.0 Å². The highest BCUT2D eigenvalue weighted by atomic mass is 32.2. The lowest BCUT2D eigenvalue weighted by molar-refractivity contribution is 0.555. The lowest BCUT2D eigenvalue weighted by Crippen LogP contribution is -2.04. The SMILES string of the molecule is CSCCCCCCn1c(C(C)C)c[nH]c1=S. The zero-order chi connectivity index (χ0) is 12.7. The first-order valence-electron chi connectivity index (χ1n) is 6.44. The van der Waals surface area contributed by atoms with Gasteiger partial charge in [-0.3, -0.25) is 0 Å². The summed E-state index contributed by atoms with van der Waals surface area (Å²) in [5.41, 5.74) is 1.33. The molecule has 0 aliphatic rings. The van der Waals surface area contributed by atoms with Crippen molar-refractivity contribution in [2.24, 2.45) is 0 Å². The van der Waals surface area contributed by atoms with E-state index in [1.807, 2.05) is 11.8 Å². The number of H-pyrrole nitrogens is 1. The smallest absolute Gasteiger partial charge is 0.177 e. The van der Waals surface area contributed by atoms with Crippen molar-refractivity contribution in [3.8, 4) is 0 Å². The number of nitrogens with zero attached hydrogens (tertiary/aromatic N) is 1. The Labute approximate surface area is 114 Å². The summed E-state index contributed by atoms with van der Waals surface area (Å²) in [4.78, 5) is 3.15. The minimum absolute atomic E-state index is 0.541. The number of thioether (sulfide) groups is 1. The number of aromatic nitrogens is 2. The van der Waals surface area contributed by atoms with Crippen LogP contribution in [0.1, 0.15) is 51.1 Å². The molecule has 0 aliphatic carbocycles. The summed E-state index contributed by atoms with van der Waals surface area (Å²) in [5, 5.41) is 0. The third kappa shape index (κ3) is 4.88. The largest absolute Gasteiger partial charge is 0.337 e. The first-order chi connectivity index (χ1) is 8.16. The highest BCUT2D eigenvalue weighted by molar-refractivity contribution is 7.98. The fourth-order valence-corrected chi connectivity index (χ4v) is 2.74. The van der Waals surface area contributed by atoms with Gasteiger partial charge in [-0.1, -0.05) is 26.7 Å². The standard InChI is InChI=1S/C13H24N2S2/c1-11(2)12-10-14-13(16)15(12)8-6-4-5-7-9-17-3/h10-11H,4-9H2,1-3H3,(H,14,16). The summed E-state index contributed by atoms with van der Waals surface area (Å²) in [6.45, 7) is 5.49. The highest BCUT2D eigenvalue weighted by Crippen LogP contribution is 2.16. The van der Waals surface area contributed by atoms with E-state index in [0.29, 0.717) is 5.92 Å². The number of nitrogens with one attached hydrogen (secondary N) is 1. The van der Waals surface area contributed by atoms with Crippen molar-refractivity contribution < 1.29 is 0 Å². The summed E-state index contributed by atoms with van der Waals surface area (Å²) in [6.07, 6.45) is 9.46. The second-order valence-corrected chi connectivity index (χ2v) is 6.10. The van der Waals surface area contributed by atoms with Gasteiger partial charge >= 0.3 is 0 Å². The van der Waals surface area contributed by atoms with Gasteiger partial charge in [0.1, 0.15) is 0 Å². The van der Waals surface area contributed by atoms with Crippen LogP contribution in [0.5, 0.6) is 0 Å². The number of rotatable bonds is 8. The predicted octanol–water partition coefficient (Wildman–Crippen LogP) is 4.59. The Balaban J connectivity index is 2.36. The number of hydrogen-bond donors (Lipinski definition) is 1. The fourth-order valence-electron chi connectivity index (χ4n) is 1.99. The molecule has 98 valence electrons. The average molecular weight is 272 g/mol. The molecule has 2 nitrogen and oxygen atoms in total. The Kier molecular flexibility index (Phi) is 6.97. The lowest BCUT2D eigenvalue weighted by Gasteiger charge is -2.10. The molecule has 0 fully saturated rings. The summed E-state index contributed by atoms with van der Waals surface area (Å²) >= 11 is 7.26. The molecule has 0 unspecified atom stereocenters. The average Bonchev–Trinajstić information content (AvgIpc) is 2.65. The molecule has 1 aromatic rings. The normalized spacial score (nSPS) is 11.3. The molecular weight excluding hydrogens is 248 g/mol. The van der Waals surface area contributed by atoms with Gasteiger partial charge in [0, 0.05) is 18.4 Å². The molecule has 0 bridgehead atoms. The van der Waals surface area contributed by atoms with Gasteiger partial charge < -0.3 is 9.55 Å². The topological polar surface area (TPSA) is 20.7 Å². The molecule has 1 N–H and O–H groups in total. The monoisotopic (exact) mass is 272 g/mol. The molecule has 0 saturated heterocycles. The van der Waals surface area contributed by atoms with Gasteiger partial charge in [0.2, 0.25) is 0 Å². The predicted molar refractivity (Wildman–Crippen MR) is 80.6 cm³/mol. The Bertz CT molecular complexity index is 366. The maximum absolute atomic E-state index is 5.32. The Morgan fingerprint density at radius 3 is 2.65 bits per heavy atom.